The Balaban J connectivity index is 2.12. The van der Waals surface area contributed by atoms with E-state index >= 15 is 0 Å². The molecule has 2 nitrogen and oxygen atoms in total. The molecule has 1 fully saturated rings. The SMILES string of the molecule is CCCCN(C)N1CCCC1. The van der Waals surface area contributed by atoms with E-state index in [9.17, 15) is 0 Å². The van der Waals surface area contributed by atoms with Crippen molar-refractivity contribution in [1.82, 2.24) is 10.0 Å². The van der Waals surface area contributed by atoms with Crippen LogP contribution >= 0.6 is 0 Å². The molecule has 0 N–H and O–H groups in total. The quantitative estimate of drug-likeness (QED) is 0.611. The number of unbranched alkanes of at least 4 members (excludes halogenated alkanes) is 1. The summed E-state index contributed by atoms with van der Waals surface area (Å²) >= 11 is 0. The van der Waals surface area contributed by atoms with Crippen LogP contribution < -0.4 is 0 Å². The molecule has 0 unspecified atom stereocenters. The molecule has 66 valence electrons. The van der Waals surface area contributed by atoms with Crippen LogP contribution in [0.5, 0.6) is 0 Å². The monoisotopic (exact) mass is 156 g/mol. The van der Waals surface area contributed by atoms with Crippen molar-refractivity contribution in [3.8, 4) is 0 Å². The van der Waals surface area contributed by atoms with Crippen LogP contribution in [-0.4, -0.2) is 36.7 Å². The van der Waals surface area contributed by atoms with Crippen LogP contribution in [0.2, 0.25) is 0 Å². The molecular weight excluding hydrogens is 136 g/mol. The Kier molecular flexibility index (Phi) is 3.87. The number of hydrazine groups is 1. The first-order chi connectivity index (χ1) is 5.34. The van der Waals surface area contributed by atoms with E-state index < -0.39 is 0 Å². The van der Waals surface area contributed by atoms with Crippen LogP contribution in [-0.2, 0) is 0 Å². The summed E-state index contributed by atoms with van der Waals surface area (Å²) in [6.45, 7) is 6.04. The van der Waals surface area contributed by atoms with Gasteiger partial charge in [0.25, 0.3) is 0 Å². The van der Waals surface area contributed by atoms with Crippen molar-refractivity contribution in [3.63, 3.8) is 0 Å². The Hall–Kier alpha value is -0.0800. The first kappa shape index (κ1) is 9.01. The summed E-state index contributed by atoms with van der Waals surface area (Å²) in [6, 6.07) is 0. The highest BCUT2D eigenvalue weighted by atomic mass is 15.6. The molecule has 1 heterocycles. The molecule has 0 radical (unpaired) electrons. The van der Waals surface area contributed by atoms with Gasteiger partial charge in [0.05, 0.1) is 0 Å². The van der Waals surface area contributed by atoms with Gasteiger partial charge in [0.2, 0.25) is 0 Å². The van der Waals surface area contributed by atoms with Crippen molar-refractivity contribution in [2.45, 2.75) is 32.6 Å². The minimum absolute atomic E-state index is 1.23. The van der Waals surface area contributed by atoms with Gasteiger partial charge in [-0.1, -0.05) is 13.3 Å². The third kappa shape index (κ3) is 2.80. The number of hydrogen-bond acceptors (Lipinski definition) is 2. The van der Waals surface area contributed by atoms with Gasteiger partial charge in [-0.3, -0.25) is 0 Å². The second-order valence-electron chi connectivity index (χ2n) is 3.40. The fourth-order valence-corrected chi connectivity index (χ4v) is 1.57. The maximum Gasteiger partial charge on any atom is 0.0133 e. The second-order valence-corrected chi connectivity index (χ2v) is 3.40. The van der Waals surface area contributed by atoms with E-state index in [2.05, 4.69) is 24.0 Å². The van der Waals surface area contributed by atoms with Crippen molar-refractivity contribution in [3.05, 3.63) is 0 Å². The van der Waals surface area contributed by atoms with Crippen LogP contribution in [0.25, 0.3) is 0 Å². The lowest BCUT2D eigenvalue weighted by atomic mass is 10.3. The molecule has 0 spiro atoms. The molecule has 11 heavy (non-hydrogen) atoms. The van der Waals surface area contributed by atoms with Crippen molar-refractivity contribution >= 4 is 0 Å². The van der Waals surface area contributed by atoms with E-state index in [0.29, 0.717) is 0 Å². The summed E-state index contributed by atoms with van der Waals surface area (Å²) < 4.78 is 0. The summed E-state index contributed by atoms with van der Waals surface area (Å²) in [7, 11) is 2.21. The number of nitrogens with zero attached hydrogens (tertiary/aromatic N) is 2. The summed E-state index contributed by atoms with van der Waals surface area (Å²) in [5, 5.41) is 4.85. The summed E-state index contributed by atoms with van der Waals surface area (Å²) in [5.74, 6) is 0. The molecule has 0 amide bonds. The molecular formula is C9H20N2. The van der Waals surface area contributed by atoms with E-state index in [1.165, 1.54) is 45.3 Å². The van der Waals surface area contributed by atoms with Crippen molar-refractivity contribution < 1.29 is 0 Å². The minimum atomic E-state index is 1.23. The highest BCUT2D eigenvalue weighted by Crippen LogP contribution is 2.09. The lowest BCUT2D eigenvalue weighted by Crippen LogP contribution is -2.37. The van der Waals surface area contributed by atoms with E-state index in [1.807, 2.05) is 0 Å². The van der Waals surface area contributed by atoms with Gasteiger partial charge in [-0.2, -0.15) is 0 Å². The molecule has 0 aromatic heterocycles. The highest BCUT2D eigenvalue weighted by Gasteiger charge is 2.14. The Labute approximate surface area is 70.1 Å². The van der Waals surface area contributed by atoms with Crippen LogP contribution in [0.1, 0.15) is 32.6 Å². The maximum absolute atomic E-state index is 2.47. The van der Waals surface area contributed by atoms with E-state index in [-0.39, 0.29) is 0 Å². The lowest BCUT2D eigenvalue weighted by Gasteiger charge is -2.27. The smallest absolute Gasteiger partial charge is 0.0133 e. The lowest BCUT2D eigenvalue weighted by molar-refractivity contribution is 0.0235. The molecule has 1 aliphatic heterocycles. The van der Waals surface area contributed by atoms with Gasteiger partial charge in [-0.15, -0.1) is 0 Å². The molecule has 0 bridgehead atoms. The van der Waals surface area contributed by atoms with Gasteiger partial charge in [0.1, 0.15) is 0 Å². The number of hydrogen-bond donors (Lipinski definition) is 0. The fourth-order valence-electron chi connectivity index (χ4n) is 1.57. The van der Waals surface area contributed by atoms with Crippen molar-refractivity contribution in [1.29, 1.82) is 0 Å². The Bertz CT molecular complexity index is 97.7. The topological polar surface area (TPSA) is 6.48 Å². The predicted octanol–water partition coefficient (Wildman–Crippen LogP) is 1.73. The molecule has 1 rings (SSSR count). The van der Waals surface area contributed by atoms with Crippen LogP contribution in [0.15, 0.2) is 0 Å². The first-order valence-electron chi connectivity index (χ1n) is 4.80. The largest absolute Gasteiger partial charge is 0.245 e. The summed E-state index contributed by atoms with van der Waals surface area (Å²) in [6.07, 6.45) is 5.40. The normalized spacial score (nSPS) is 19.9. The van der Waals surface area contributed by atoms with Gasteiger partial charge < -0.3 is 0 Å². The first-order valence-corrected chi connectivity index (χ1v) is 4.80. The number of rotatable bonds is 4. The van der Waals surface area contributed by atoms with E-state index in [1.54, 1.807) is 0 Å². The fraction of sp³-hybridized carbons (Fsp3) is 1.00. The average molecular weight is 156 g/mol. The average Bonchev–Trinajstić information content (AvgIpc) is 2.52. The molecule has 2 heteroatoms. The molecule has 1 saturated heterocycles. The van der Waals surface area contributed by atoms with E-state index in [4.69, 9.17) is 0 Å². The maximum atomic E-state index is 2.47. The van der Waals surface area contributed by atoms with Crippen molar-refractivity contribution in [2.75, 3.05) is 26.7 Å². The Morgan fingerprint density at radius 1 is 1.27 bits per heavy atom. The van der Waals surface area contributed by atoms with Crippen molar-refractivity contribution in [2.24, 2.45) is 0 Å². The van der Waals surface area contributed by atoms with Crippen LogP contribution in [0.3, 0.4) is 0 Å². The van der Waals surface area contributed by atoms with Crippen LogP contribution in [0.4, 0.5) is 0 Å². The molecule has 0 aromatic carbocycles. The molecule has 0 saturated carbocycles. The molecule has 0 aliphatic carbocycles. The van der Waals surface area contributed by atoms with Gasteiger partial charge in [0, 0.05) is 26.7 Å². The zero-order valence-electron chi connectivity index (χ0n) is 7.84. The Morgan fingerprint density at radius 2 is 1.91 bits per heavy atom. The molecule has 1 aliphatic rings. The van der Waals surface area contributed by atoms with E-state index in [0.717, 1.165) is 0 Å². The van der Waals surface area contributed by atoms with Gasteiger partial charge in [0.15, 0.2) is 0 Å². The Morgan fingerprint density at radius 3 is 2.45 bits per heavy atom. The zero-order valence-corrected chi connectivity index (χ0v) is 7.84. The summed E-state index contributed by atoms with van der Waals surface area (Å²) in [5.41, 5.74) is 0. The third-order valence-electron chi connectivity index (χ3n) is 2.40. The molecule has 0 aromatic rings. The second kappa shape index (κ2) is 4.73. The minimum Gasteiger partial charge on any atom is -0.245 e. The summed E-state index contributed by atoms with van der Waals surface area (Å²) in [4.78, 5) is 0. The highest BCUT2D eigenvalue weighted by molar-refractivity contribution is 4.62. The van der Waals surface area contributed by atoms with Crippen LogP contribution in [0, 0.1) is 0 Å². The van der Waals surface area contributed by atoms with Gasteiger partial charge in [-0.25, -0.2) is 10.0 Å². The standard InChI is InChI=1S/C9H20N2/c1-3-4-7-10(2)11-8-5-6-9-11/h3-9H2,1-2H3. The molecule has 0 atom stereocenters. The van der Waals surface area contributed by atoms with Gasteiger partial charge >= 0.3 is 0 Å². The zero-order chi connectivity index (χ0) is 8.10. The predicted molar refractivity (Wildman–Crippen MR) is 48.3 cm³/mol. The third-order valence-corrected chi connectivity index (χ3v) is 2.40. The van der Waals surface area contributed by atoms with Gasteiger partial charge in [-0.05, 0) is 19.3 Å².